The Bertz CT molecular complexity index is 1550. The van der Waals surface area contributed by atoms with Gasteiger partial charge in [-0.25, -0.2) is 9.67 Å². The van der Waals surface area contributed by atoms with Crippen molar-refractivity contribution in [1.82, 2.24) is 19.7 Å². The first-order valence-corrected chi connectivity index (χ1v) is 19.5. The highest BCUT2D eigenvalue weighted by atomic mass is 28.4. The molecule has 0 radical (unpaired) electrons. The summed E-state index contributed by atoms with van der Waals surface area (Å²) in [6.45, 7) is 17.7. The van der Waals surface area contributed by atoms with Gasteiger partial charge in [0.25, 0.3) is 0 Å². The molecule has 5 rings (SSSR count). The van der Waals surface area contributed by atoms with E-state index < -0.39 is 8.32 Å². The molecule has 3 unspecified atom stereocenters. The Hall–Kier alpha value is -3.31. The van der Waals surface area contributed by atoms with Gasteiger partial charge in [-0.3, -0.25) is 4.98 Å². The van der Waals surface area contributed by atoms with Crippen LogP contribution >= 0.6 is 0 Å². The molecule has 10 heteroatoms. The quantitative estimate of drug-likeness (QED) is 0.0998. The van der Waals surface area contributed by atoms with Crippen LogP contribution in [-0.2, 0) is 20.8 Å². The zero-order valence-corrected chi connectivity index (χ0v) is 29.5. The lowest BCUT2D eigenvalue weighted by Gasteiger charge is -2.36. The Morgan fingerprint density at radius 1 is 1.02 bits per heavy atom. The zero-order chi connectivity index (χ0) is 32.7. The third-order valence-electron chi connectivity index (χ3n) is 8.86. The standard InChI is InChI=1S/C36H50N4O5Si/c1-26(43-25-28-13-9-8-10-14-28)18-20-41-24-27(2)44-33-23-37-22-31(38-33)35-30-21-29(45-46(6,7)36(3,4)5)16-17-32(30)40(39-35)34-15-11-12-19-42-34/h8-10,13-14,16-17,21-23,26-27,34H,11-12,15,18-20,24-25H2,1-7H3. The maximum atomic E-state index is 6.68. The van der Waals surface area contributed by atoms with Crippen molar-refractivity contribution in [1.29, 1.82) is 0 Å². The lowest BCUT2D eigenvalue weighted by atomic mass is 10.1. The van der Waals surface area contributed by atoms with E-state index in [4.69, 9.17) is 33.5 Å². The van der Waals surface area contributed by atoms with E-state index in [-0.39, 0.29) is 23.5 Å². The molecule has 0 bridgehead atoms. The van der Waals surface area contributed by atoms with Gasteiger partial charge in [-0.05, 0) is 81.4 Å². The minimum Gasteiger partial charge on any atom is -0.543 e. The van der Waals surface area contributed by atoms with Crippen molar-refractivity contribution in [3.63, 3.8) is 0 Å². The average Bonchev–Trinajstić information content (AvgIpc) is 3.41. The molecule has 1 fully saturated rings. The average molecular weight is 647 g/mol. The van der Waals surface area contributed by atoms with Crippen LogP contribution in [0.4, 0.5) is 0 Å². The van der Waals surface area contributed by atoms with Crippen LogP contribution in [0.1, 0.15) is 72.1 Å². The number of hydrogen-bond acceptors (Lipinski definition) is 8. The lowest BCUT2D eigenvalue weighted by molar-refractivity contribution is -0.0365. The van der Waals surface area contributed by atoms with Crippen molar-refractivity contribution >= 4 is 19.2 Å². The van der Waals surface area contributed by atoms with Crippen LogP contribution in [-0.4, -0.2) is 60.1 Å². The number of rotatable bonds is 14. The number of hydrogen-bond donors (Lipinski definition) is 0. The molecule has 1 saturated heterocycles. The van der Waals surface area contributed by atoms with E-state index >= 15 is 0 Å². The first-order chi connectivity index (χ1) is 22.0. The monoisotopic (exact) mass is 646 g/mol. The Balaban J connectivity index is 1.26. The molecule has 0 amide bonds. The van der Waals surface area contributed by atoms with Crippen LogP contribution in [0.15, 0.2) is 60.9 Å². The molecular weight excluding hydrogens is 597 g/mol. The second-order valence-corrected chi connectivity index (χ2v) is 18.5. The summed E-state index contributed by atoms with van der Waals surface area (Å²) in [5, 5.41) is 6.09. The molecular formula is C36H50N4O5Si. The third kappa shape index (κ3) is 8.73. The molecule has 46 heavy (non-hydrogen) atoms. The molecule has 1 aliphatic heterocycles. The Morgan fingerprint density at radius 3 is 2.57 bits per heavy atom. The topological polar surface area (TPSA) is 89.8 Å². The highest BCUT2D eigenvalue weighted by Crippen LogP contribution is 2.39. The van der Waals surface area contributed by atoms with E-state index in [2.05, 4.69) is 76.1 Å². The van der Waals surface area contributed by atoms with Gasteiger partial charge in [0.1, 0.15) is 23.2 Å². The van der Waals surface area contributed by atoms with E-state index in [9.17, 15) is 0 Å². The summed E-state index contributed by atoms with van der Waals surface area (Å²) in [6.07, 6.45) is 7.04. The molecule has 0 aliphatic carbocycles. The molecule has 4 aromatic rings. The number of nitrogens with zero attached hydrogens (tertiary/aromatic N) is 4. The smallest absolute Gasteiger partial charge is 0.250 e. The fraction of sp³-hybridized carbons (Fsp3) is 0.528. The van der Waals surface area contributed by atoms with Crippen molar-refractivity contribution in [2.45, 2.75) is 103 Å². The van der Waals surface area contributed by atoms with E-state index in [1.807, 2.05) is 29.8 Å². The molecule has 2 aromatic carbocycles. The minimum absolute atomic E-state index is 0.0802. The summed E-state index contributed by atoms with van der Waals surface area (Å²) < 4.78 is 32.8. The summed E-state index contributed by atoms with van der Waals surface area (Å²) in [5.74, 6) is 1.27. The summed E-state index contributed by atoms with van der Waals surface area (Å²) in [4.78, 5) is 9.31. The summed E-state index contributed by atoms with van der Waals surface area (Å²) in [5.41, 5.74) is 3.53. The minimum atomic E-state index is -2.04. The van der Waals surface area contributed by atoms with Crippen molar-refractivity contribution in [3.05, 3.63) is 66.5 Å². The second-order valence-electron chi connectivity index (χ2n) is 13.8. The largest absolute Gasteiger partial charge is 0.543 e. The second kappa shape index (κ2) is 15.1. The van der Waals surface area contributed by atoms with Crippen LogP contribution < -0.4 is 9.16 Å². The zero-order valence-electron chi connectivity index (χ0n) is 28.5. The fourth-order valence-electron chi connectivity index (χ4n) is 5.11. The summed E-state index contributed by atoms with van der Waals surface area (Å²) in [6, 6.07) is 16.4. The Morgan fingerprint density at radius 2 is 1.83 bits per heavy atom. The Labute approximate surface area is 274 Å². The first kappa shape index (κ1) is 34.0. The van der Waals surface area contributed by atoms with Gasteiger partial charge < -0.3 is 23.4 Å². The molecule has 0 saturated carbocycles. The fourth-order valence-corrected chi connectivity index (χ4v) is 6.13. The lowest BCUT2D eigenvalue weighted by Crippen LogP contribution is -2.43. The number of fused-ring (bicyclic) bond motifs is 1. The highest BCUT2D eigenvalue weighted by Gasteiger charge is 2.39. The van der Waals surface area contributed by atoms with Crippen LogP contribution in [0, 0.1) is 0 Å². The van der Waals surface area contributed by atoms with Crippen LogP contribution in [0.2, 0.25) is 18.1 Å². The summed E-state index contributed by atoms with van der Waals surface area (Å²) in [7, 11) is -2.04. The molecule has 1 aliphatic rings. The van der Waals surface area contributed by atoms with Gasteiger partial charge in [0.15, 0.2) is 6.23 Å². The maximum Gasteiger partial charge on any atom is 0.250 e. The number of benzene rings is 2. The number of ether oxygens (including phenoxy) is 4. The molecule has 248 valence electrons. The normalized spacial score (nSPS) is 17.2. The van der Waals surface area contributed by atoms with Crippen molar-refractivity contribution in [2.75, 3.05) is 19.8 Å². The Kier molecular flexibility index (Phi) is 11.1. The van der Waals surface area contributed by atoms with E-state index in [1.54, 1.807) is 12.4 Å². The molecule has 2 aromatic heterocycles. The molecule has 3 heterocycles. The molecule has 9 nitrogen and oxygen atoms in total. The van der Waals surface area contributed by atoms with Gasteiger partial charge in [-0.15, -0.1) is 0 Å². The van der Waals surface area contributed by atoms with Crippen LogP contribution in [0.5, 0.6) is 11.6 Å². The highest BCUT2D eigenvalue weighted by molar-refractivity contribution is 6.74. The maximum absolute atomic E-state index is 6.68. The molecule has 0 spiro atoms. The van der Waals surface area contributed by atoms with Crippen molar-refractivity contribution < 1.29 is 23.4 Å². The number of aromatic nitrogens is 4. The van der Waals surface area contributed by atoms with Crippen molar-refractivity contribution in [2.24, 2.45) is 0 Å². The SMILES string of the molecule is CC(CCOCC(C)Oc1cncc(-c2nn(C3CCCCO3)c3ccc(O[Si](C)(C)C(C)(C)C)cc23)n1)OCc1ccccc1. The van der Waals surface area contributed by atoms with Gasteiger partial charge in [0.2, 0.25) is 14.2 Å². The summed E-state index contributed by atoms with van der Waals surface area (Å²) >= 11 is 0. The molecule has 3 atom stereocenters. The predicted octanol–water partition coefficient (Wildman–Crippen LogP) is 8.36. The van der Waals surface area contributed by atoms with Gasteiger partial charge in [-0.1, -0.05) is 51.1 Å². The van der Waals surface area contributed by atoms with E-state index in [0.717, 1.165) is 54.6 Å². The van der Waals surface area contributed by atoms with Gasteiger partial charge in [0.05, 0.1) is 37.2 Å². The van der Waals surface area contributed by atoms with Crippen LogP contribution in [0.25, 0.3) is 22.3 Å². The third-order valence-corrected chi connectivity index (χ3v) is 13.2. The van der Waals surface area contributed by atoms with Crippen LogP contribution in [0.3, 0.4) is 0 Å². The van der Waals surface area contributed by atoms with E-state index in [0.29, 0.717) is 31.4 Å². The van der Waals surface area contributed by atoms with Gasteiger partial charge in [-0.2, -0.15) is 5.10 Å². The van der Waals surface area contributed by atoms with E-state index in [1.165, 1.54) is 5.56 Å². The van der Waals surface area contributed by atoms with Gasteiger partial charge in [0, 0.05) is 18.6 Å². The first-order valence-electron chi connectivity index (χ1n) is 16.6. The molecule has 0 N–H and O–H groups in total. The predicted molar refractivity (Wildman–Crippen MR) is 184 cm³/mol. The van der Waals surface area contributed by atoms with Crippen molar-refractivity contribution in [3.8, 4) is 23.0 Å². The van der Waals surface area contributed by atoms with Gasteiger partial charge >= 0.3 is 0 Å².